The molecule has 18 heavy (non-hydrogen) atoms. The first-order valence-electron chi connectivity index (χ1n) is 6.06. The number of benzene rings is 1. The van der Waals surface area contributed by atoms with Gasteiger partial charge in [0.2, 0.25) is 0 Å². The summed E-state index contributed by atoms with van der Waals surface area (Å²) in [7, 11) is 0. The van der Waals surface area contributed by atoms with E-state index in [9.17, 15) is 10.1 Å². The summed E-state index contributed by atoms with van der Waals surface area (Å²) in [6, 6.07) is 4.98. The number of ether oxygens (including phenoxy) is 1. The Morgan fingerprint density at radius 3 is 2.56 bits per heavy atom. The molecule has 0 fully saturated rings. The zero-order valence-corrected chi connectivity index (χ0v) is 11.6. The van der Waals surface area contributed by atoms with Crippen LogP contribution in [-0.2, 0) is 0 Å². The summed E-state index contributed by atoms with van der Waals surface area (Å²) >= 11 is 6.14. The van der Waals surface area contributed by atoms with Gasteiger partial charge in [-0.25, -0.2) is 0 Å². The molecule has 0 spiro atoms. The molecule has 0 saturated carbocycles. The molecule has 100 valence electrons. The van der Waals surface area contributed by atoms with Crippen LogP contribution in [0.15, 0.2) is 18.2 Å². The zero-order valence-electron chi connectivity index (χ0n) is 10.9. The Hall–Kier alpha value is -1.29. The Labute approximate surface area is 112 Å². The van der Waals surface area contributed by atoms with Crippen molar-refractivity contribution in [2.75, 3.05) is 6.61 Å². The molecule has 0 heterocycles. The van der Waals surface area contributed by atoms with Gasteiger partial charge in [-0.1, -0.05) is 13.0 Å². The molecule has 1 rings (SSSR count). The van der Waals surface area contributed by atoms with Gasteiger partial charge >= 0.3 is 5.69 Å². The summed E-state index contributed by atoms with van der Waals surface area (Å²) in [6.45, 7) is 6.18. The predicted molar refractivity (Wildman–Crippen MR) is 72.6 cm³/mol. The molecule has 0 N–H and O–H groups in total. The van der Waals surface area contributed by atoms with Gasteiger partial charge in [-0.15, -0.1) is 11.6 Å². The van der Waals surface area contributed by atoms with Gasteiger partial charge in [-0.3, -0.25) is 10.1 Å². The van der Waals surface area contributed by atoms with Gasteiger partial charge < -0.3 is 4.74 Å². The number of rotatable bonds is 6. The molecule has 5 heteroatoms. The first-order chi connectivity index (χ1) is 8.51. The van der Waals surface area contributed by atoms with E-state index in [0.717, 1.165) is 12.0 Å². The van der Waals surface area contributed by atoms with Gasteiger partial charge in [0.05, 0.1) is 11.5 Å². The number of nitro groups is 1. The van der Waals surface area contributed by atoms with E-state index in [2.05, 4.69) is 0 Å². The summed E-state index contributed by atoms with van der Waals surface area (Å²) in [4.78, 5) is 10.4. The number of halogens is 1. The molecule has 0 aliphatic heterocycles. The van der Waals surface area contributed by atoms with Crippen LogP contribution in [0.4, 0.5) is 5.69 Å². The molecule has 0 radical (unpaired) electrons. The molecular weight excluding hydrogens is 254 g/mol. The van der Waals surface area contributed by atoms with Crippen molar-refractivity contribution in [2.24, 2.45) is 0 Å². The predicted octanol–water partition coefficient (Wildman–Crippen LogP) is 4.11. The molecule has 0 aliphatic carbocycles. The average molecular weight is 272 g/mol. The Morgan fingerprint density at radius 2 is 2.11 bits per heavy atom. The van der Waals surface area contributed by atoms with Crippen LogP contribution in [0.25, 0.3) is 0 Å². The number of nitro benzene ring substituents is 1. The summed E-state index contributed by atoms with van der Waals surface area (Å²) < 4.78 is 5.33. The van der Waals surface area contributed by atoms with Gasteiger partial charge in [-0.05, 0) is 37.8 Å². The van der Waals surface area contributed by atoms with E-state index < -0.39 is 4.92 Å². The Bertz CT molecular complexity index is 421. The second-order valence-corrected chi connectivity index (χ2v) is 4.80. The molecule has 0 aromatic heterocycles. The van der Waals surface area contributed by atoms with E-state index in [1.54, 1.807) is 19.1 Å². The SMILES string of the molecule is CCOc1cc(C(CC)C(C)Cl)ccc1[N+](=O)[O-]. The fraction of sp³-hybridized carbons (Fsp3) is 0.538. The smallest absolute Gasteiger partial charge is 0.310 e. The third-order valence-corrected chi connectivity index (χ3v) is 3.21. The highest BCUT2D eigenvalue weighted by atomic mass is 35.5. The molecule has 1 aromatic carbocycles. The van der Waals surface area contributed by atoms with E-state index in [-0.39, 0.29) is 17.0 Å². The van der Waals surface area contributed by atoms with Crippen LogP contribution in [0.2, 0.25) is 0 Å². The zero-order chi connectivity index (χ0) is 13.7. The quantitative estimate of drug-likeness (QED) is 0.444. The lowest BCUT2D eigenvalue weighted by atomic mass is 9.93. The van der Waals surface area contributed by atoms with Crippen LogP contribution >= 0.6 is 11.6 Å². The second kappa shape index (κ2) is 6.59. The average Bonchev–Trinajstić information content (AvgIpc) is 2.29. The Morgan fingerprint density at radius 1 is 1.44 bits per heavy atom. The van der Waals surface area contributed by atoms with Crippen LogP contribution in [0.1, 0.15) is 38.7 Å². The van der Waals surface area contributed by atoms with Crippen LogP contribution in [0, 0.1) is 10.1 Å². The highest BCUT2D eigenvalue weighted by Crippen LogP contribution is 2.34. The number of hydrogen-bond donors (Lipinski definition) is 0. The highest BCUT2D eigenvalue weighted by molar-refractivity contribution is 6.20. The highest BCUT2D eigenvalue weighted by Gasteiger charge is 2.21. The Kier molecular flexibility index (Phi) is 5.41. The minimum Gasteiger partial charge on any atom is -0.487 e. The number of alkyl halides is 1. The summed E-state index contributed by atoms with van der Waals surface area (Å²) in [5, 5.41) is 10.9. The van der Waals surface area contributed by atoms with E-state index in [1.807, 2.05) is 13.8 Å². The summed E-state index contributed by atoms with van der Waals surface area (Å²) in [5.74, 6) is 0.488. The van der Waals surface area contributed by atoms with Crippen LogP contribution in [-0.4, -0.2) is 16.9 Å². The van der Waals surface area contributed by atoms with Gasteiger partial charge in [0.15, 0.2) is 5.75 Å². The lowest BCUT2D eigenvalue weighted by Gasteiger charge is -2.18. The maximum absolute atomic E-state index is 10.9. The molecular formula is C13H18ClNO3. The maximum Gasteiger partial charge on any atom is 0.310 e. The van der Waals surface area contributed by atoms with Crippen molar-refractivity contribution in [3.8, 4) is 5.75 Å². The molecule has 0 bridgehead atoms. The van der Waals surface area contributed by atoms with Crippen molar-refractivity contribution in [1.29, 1.82) is 0 Å². The topological polar surface area (TPSA) is 52.4 Å². The molecule has 4 nitrogen and oxygen atoms in total. The monoisotopic (exact) mass is 271 g/mol. The third-order valence-electron chi connectivity index (χ3n) is 2.90. The standard InChI is InChI=1S/C13H18ClNO3/c1-4-11(9(3)14)10-6-7-12(15(16)17)13(8-10)18-5-2/h6-9,11H,4-5H2,1-3H3. The molecule has 0 amide bonds. The van der Waals surface area contributed by atoms with E-state index in [4.69, 9.17) is 16.3 Å². The van der Waals surface area contributed by atoms with E-state index in [1.165, 1.54) is 6.07 Å². The molecule has 2 unspecified atom stereocenters. The summed E-state index contributed by atoms with van der Waals surface area (Å²) in [5.41, 5.74) is 0.978. The largest absolute Gasteiger partial charge is 0.487 e. The van der Waals surface area contributed by atoms with E-state index >= 15 is 0 Å². The maximum atomic E-state index is 10.9. The lowest BCUT2D eigenvalue weighted by molar-refractivity contribution is -0.385. The van der Waals surface area contributed by atoms with E-state index in [0.29, 0.717) is 12.4 Å². The van der Waals surface area contributed by atoms with Crippen LogP contribution < -0.4 is 4.74 Å². The second-order valence-electron chi connectivity index (χ2n) is 4.11. The normalized spacial score (nSPS) is 14.0. The lowest BCUT2D eigenvalue weighted by Crippen LogP contribution is -2.09. The Balaban J connectivity index is 3.17. The van der Waals surface area contributed by atoms with Crippen molar-refractivity contribution >= 4 is 17.3 Å². The van der Waals surface area contributed by atoms with Crippen molar-refractivity contribution in [3.63, 3.8) is 0 Å². The minimum atomic E-state index is -0.431. The van der Waals surface area contributed by atoms with Crippen LogP contribution in [0.3, 0.4) is 0 Å². The first-order valence-corrected chi connectivity index (χ1v) is 6.50. The summed E-state index contributed by atoms with van der Waals surface area (Å²) in [6.07, 6.45) is 0.883. The fourth-order valence-corrected chi connectivity index (χ4v) is 2.33. The molecule has 1 aromatic rings. The minimum absolute atomic E-state index is 0.00215. The van der Waals surface area contributed by atoms with Crippen LogP contribution in [0.5, 0.6) is 5.75 Å². The molecule has 0 saturated heterocycles. The van der Waals surface area contributed by atoms with Gasteiger partial charge in [0.25, 0.3) is 0 Å². The van der Waals surface area contributed by atoms with Gasteiger partial charge in [0, 0.05) is 11.4 Å². The number of nitrogens with zero attached hydrogens (tertiary/aromatic N) is 1. The molecule has 0 aliphatic rings. The third kappa shape index (κ3) is 3.35. The fourth-order valence-electron chi connectivity index (χ4n) is 2.01. The van der Waals surface area contributed by atoms with Crippen molar-refractivity contribution in [1.82, 2.24) is 0 Å². The molecule has 2 atom stereocenters. The first kappa shape index (κ1) is 14.8. The van der Waals surface area contributed by atoms with Gasteiger partial charge in [0.1, 0.15) is 0 Å². The van der Waals surface area contributed by atoms with Crippen molar-refractivity contribution < 1.29 is 9.66 Å². The van der Waals surface area contributed by atoms with Crippen molar-refractivity contribution in [2.45, 2.75) is 38.5 Å². The van der Waals surface area contributed by atoms with Crippen molar-refractivity contribution in [3.05, 3.63) is 33.9 Å². The van der Waals surface area contributed by atoms with Gasteiger partial charge in [-0.2, -0.15) is 0 Å². The number of hydrogen-bond acceptors (Lipinski definition) is 3.